The van der Waals surface area contributed by atoms with E-state index in [0.717, 1.165) is 5.56 Å². The summed E-state index contributed by atoms with van der Waals surface area (Å²) in [5, 5.41) is 13.0. The van der Waals surface area contributed by atoms with Crippen LogP contribution in [0.25, 0.3) is 0 Å². The Morgan fingerprint density at radius 1 is 1.26 bits per heavy atom. The smallest absolute Gasteiger partial charge is 0.0897 e. The lowest BCUT2D eigenvalue weighted by molar-refractivity contribution is 0.00586. The van der Waals surface area contributed by atoms with Crippen LogP contribution in [0.5, 0.6) is 0 Å². The molecule has 1 rings (SSSR count). The van der Waals surface area contributed by atoms with Crippen LogP contribution < -0.4 is 5.32 Å². The minimum atomic E-state index is -0.508. The van der Waals surface area contributed by atoms with Gasteiger partial charge in [-0.3, -0.25) is 4.98 Å². The number of nitrogens with zero attached hydrogens (tertiary/aromatic N) is 1. The lowest BCUT2D eigenvalue weighted by atomic mass is 10.1. The van der Waals surface area contributed by atoms with Crippen LogP contribution in [0, 0.1) is 0 Å². The maximum atomic E-state index is 9.76. The van der Waals surface area contributed by atoms with Crippen molar-refractivity contribution < 1.29 is 14.6 Å². The van der Waals surface area contributed by atoms with Crippen molar-refractivity contribution in [1.29, 1.82) is 0 Å². The van der Waals surface area contributed by atoms with Crippen LogP contribution in [0.3, 0.4) is 0 Å². The lowest BCUT2D eigenvalue weighted by Crippen LogP contribution is -2.32. The molecular formula is C14H24N2O3. The molecule has 0 radical (unpaired) electrons. The highest BCUT2D eigenvalue weighted by atomic mass is 16.5. The second-order valence-electron chi connectivity index (χ2n) is 4.34. The number of rotatable bonds is 10. The second-order valence-corrected chi connectivity index (χ2v) is 4.34. The summed E-state index contributed by atoms with van der Waals surface area (Å²) in [7, 11) is 0. The molecule has 0 aromatic carbocycles. The number of pyridine rings is 1. The molecule has 2 N–H and O–H groups in total. The van der Waals surface area contributed by atoms with Crippen LogP contribution in [-0.2, 0) is 9.47 Å². The average molecular weight is 268 g/mol. The predicted molar refractivity (Wildman–Crippen MR) is 74.0 cm³/mol. The molecule has 0 bridgehead atoms. The van der Waals surface area contributed by atoms with Gasteiger partial charge in [-0.05, 0) is 31.5 Å². The van der Waals surface area contributed by atoms with Crippen molar-refractivity contribution in [3.05, 3.63) is 30.1 Å². The Hall–Kier alpha value is -1.01. The first kappa shape index (κ1) is 16.0. The van der Waals surface area contributed by atoms with E-state index >= 15 is 0 Å². The van der Waals surface area contributed by atoms with Crippen molar-refractivity contribution in [2.45, 2.75) is 26.0 Å². The molecule has 1 aromatic heterocycles. The van der Waals surface area contributed by atoms with E-state index in [0.29, 0.717) is 33.0 Å². The normalized spacial score (nSPS) is 14.3. The van der Waals surface area contributed by atoms with Crippen LogP contribution in [-0.4, -0.2) is 49.2 Å². The molecule has 0 aliphatic carbocycles. The van der Waals surface area contributed by atoms with Crippen molar-refractivity contribution in [2.75, 3.05) is 33.0 Å². The van der Waals surface area contributed by atoms with Gasteiger partial charge in [0.1, 0.15) is 0 Å². The number of hydrogen-bond donors (Lipinski definition) is 2. The van der Waals surface area contributed by atoms with Crippen LogP contribution in [0.1, 0.15) is 25.5 Å². The molecular weight excluding hydrogens is 244 g/mol. The zero-order valence-electron chi connectivity index (χ0n) is 11.7. The summed E-state index contributed by atoms with van der Waals surface area (Å²) in [5.74, 6) is 0. The molecule has 0 saturated heterocycles. The Morgan fingerprint density at radius 2 is 1.95 bits per heavy atom. The fraction of sp³-hybridized carbons (Fsp3) is 0.643. The van der Waals surface area contributed by atoms with E-state index in [4.69, 9.17) is 9.47 Å². The molecule has 0 aliphatic rings. The molecule has 2 atom stereocenters. The average Bonchev–Trinajstić information content (AvgIpc) is 2.45. The topological polar surface area (TPSA) is 63.6 Å². The summed E-state index contributed by atoms with van der Waals surface area (Å²) in [6.07, 6.45) is 3.02. The van der Waals surface area contributed by atoms with Gasteiger partial charge in [-0.15, -0.1) is 0 Å². The van der Waals surface area contributed by atoms with Crippen LogP contribution in [0.2, 0.25) is 0 Å². The van der Waals surface area contributed by atoms with Crippen LogP contribution in [0.15, 0.2) is 24.5 Å². The Kier molecular flexibility index (Phi) is 8.33. The van der Waals surface area contributed by atoms with Gasteiger partial charge in [0.05, 0.1) is 25.9 Å². The maximum absolute atomic E-state index is 9.76. The van der Waals surface area contributed by atoms with Crippen molar-refractivity contribution in [1.82, 2.24) is 10.3 Å². The molecule has 0 aliphatic heterocycles. The molecule has 0 fully saturated rings. The number of nitrogens with one attached hydrogen (secondary N) is 1. The van der Waals surface area contributed by atoms with Crippen molar-refractivity contribution in [3.8, 4) is 0 Å². The third kappa shape index (κ3) is 7.22. The first-order valence-corrected chi connectivity index (χ1v) is 6.71. The Labute approximate surface area is 115 Å². The molecule has 0 saturated carbocycles. The number of hydrogen-bond acceptors (Lipinski definition) is 5. The van der Waals surface area contributed by atoms with Gasteiger partial charge >= 0.3 is 0 Å². The Bertz CT molecular complexity index is 322. The van der Waals surface area contributed by atoms with Gasteiger partial charge in [0.2, 0.25) is 0 Å². The number of aliphatic hydroxyl groups is 1. The van der Waals surface area contributed by atoms with E-state index in [9.17, 15) is 5.11 Å². The summed E-state index contributed by atoms with van der Waals surface area (Å²) >= 11 is 0. The first-order chi connectivity index (χ1) is 9.24. The zero-order valence-corrected chi connectivity index (χ0v) is 11.7. The summed E-state index contributed by atoms with van der Waals surface area (Å²) in [6.45, 7) is 6.60. The van der Waals surface area contributed by atoms with E-state index in [2.05, 4.69) is 17.2 Å². The quantitative estimate of drug-likeness (QED) is 0.623. The third-order valence-corrected chi connectivity index (χ3v) is 2.75. The summed E-state index contributed by atoms with van der Waals surface area (Å²) < 4.78 is 10.5. The highest BCUT2D eigenvalue weighted by Gasteiger charge is 2.08. The van der Waals surface area contributed by atoms with Gasteiger partial charge in [0, 0.05) is 31.6 Å². The highest BCUT2D eigenvalue weighted by molar-refractivity contribution is 5.13. The molecule has 0 spiro atoms. The van der Waals surface area contributed by atoms with Crippen molar-refractivity contribution >= 4 is 0 Å². The standard InChI is InChI=1S/C14H24N2O3/c1-3-18-8-9-19-11-14(17)10-16-12(2)13-4-6-15-7-5-13/h4-7,12,14,16-17H,3,8-11H2,1-2H3/t12-,14?/m1/s1. The van der Waals surface area contributed by atoms with Crippen molar-refractivity contribution in [3.63, 3.8) is 0 Å². The lowest BCUT2D eigenvalue weighted by Gasteiger charge is -2.17. The van der Waals surface area contributed by atoms with E-state index in [1.165, 1.54) is 0 Å². The molecule has 1 aromatic rings. The van der Waals surface area contributed by atoms with Gasteiger partial charge in [0.15, 0.2) is 0 Å². The molecule has 0 amide bonds. The molecule has 1 unspecified atom stereocenters. The minimum absolute atomic E-state index is 0.182. The van der Waals surface area contributed by atoms with E-state index in [-0.39, 0.29) is 6.04 Å². The fourth-order valence-electron chi connectivity index (χ4n) is 1.62. The molecule has 1 heterocycles. The number of aliphatic hydroxyl groups excluding tert-OH is 1. The SMILES string of the molecule is CCOCCOCC(O)CN[C@H](C)c1ccncc1. The highest BCUT2D eigenvalue weighted by Crippen LogP contribution is 2.09. The summed E-state index contributed by atoms with van der Waals surface area (Å²) in [5.41, 5.74) is 1.15. The Morgan fingerprint density at radius 3 is 2.63 bits per heavy atom. The third-order valence-electron chi connectivity index (χ3n) is 2.75. The molecule has 5 heteroatoms. The van der Waals surface area contributed by atoms with Gasteiger partial charge in [-0.1, -0.05) is 0 Å². The van der Waals surface area contributed by atoms with Crippen LogP contribution >= 0.6 is 0 Å². The Balaban J connectivity index is 2.11. The number of aromatic nitrogens is 1. The van der Waals surface area contributed by atoms with E-state index in [1.54, 1.807) is 12.4 Å². The molecule has 5 nitrogen and oxygen atoms in total. The van der Waals surface area contributed by atoms with Crippen LogP contribution in [0.4, 0.5) is 0 Å². The largest absolute Gasteiger partial charge is 0.389 e. The maximum Gasteiger partial charge on any atom is 0.0897 e. The van der Waals surface area contributed by atoms with Gasteiger partial charge in [-0.25, -0.2) is 0 Å². The van der Waals surface area contributed by atoms with Gasteiger partial charge in [0.25, 0.3) is 0 Å². The van der Waals surface area contributed by atoms with Gasteiger partial charge < -0.3 is 19.9 Å². The number of ether oxygens (including phenoxy) is 2. The van der Waals surface area contributed by atoms with E-state index in [1.807, 2.05) is 19.1 Å². The second kappa shape index (κ2) is 9.86. The van der Waals surface area contributed by atoms with Gasteiger partial charge in [-0.2, -0.15) is 0 Å². The molecule has 108 valence electrons. The first-order valence-electron chi connectivity index (χ1n) is 6.71. The predicted octanol–water partition coefficient (Wildman–Crippen LogP) is 1.15. The minimum Gasteiger partial charge on any atom is -0.389 e. The monoisotopic (exact) mass is 268 g/mol. The zero-order chi connectivity index (χ0) is 13.9. The summed E-state index contributed by atoms with van der Waals surface area (Å²) in [4.78, 5) is 3.98. The molecule has 19 heavy (non-hydrogen) atoms. The van der Waals surface area contributed by atoms with Crippen molar-refractivity contribution in [2.24, 2.45) is 0 Å². The van der Waals surface area contributed by atoms with E-state index < -0.39 is 6.10 Å². The fourth-order valence-corrected chi connectivity index (χ4v) is 1.62. The summed E-state index contributed by atoms with van der Waals surface area (Å²) in [6, 6.07) is 4.10.